The van der Waals surface area contributed by atoms with Gasteiger partial charge < -0.3 is 14.0 Å². The Bertz CT molecular complexity index is 1260. The fourth-order valence-electron chi connectivity index (χ4n) is 3.68. The Balaban J connectivity index is 1.36. The van der Waals surface area contributed by atoms with E-state index in [0.717, 1.165) is 10.1 Å². The van der Waals surface area contributed by atoms with Crippen LogP contribution in [-0.2, 0) is 25.8 Å². The van der Waals surface area contributed by atoms with Gasteiger partial charge in [0.1, 0.15) is 5.52 Å². The summed E-state index contributed by atoms with van der Waals surface area (Å²) < 4.78 is 41.9. The van der Waals surface area contributed by atoms with Gasteiger partial charge in [0.15, 0.2) is 11.5 Å². The summed E-state index contributed by atoms with van der Waals surface area (Å²) >= 11 is 0. The fourth-order valence-corrected chi connectivity index (χ4v) is 3.68. The maximum absolute atomic E-state index is 13.0. The van der Waals surface area contributed by atoms with Crippen LogP contribution in [0.15, 0.2) is 48.9 Å². The molecule has 1 aromatic carbocycles. The highest BCUT2D eigenvalue weighted by Crippen LogP contribution is 2.29. The first-order valence-electron chi connectivity index (χ1n) is 9.53. The van der Waals surface area contributed by atoms with Gasteiger partial charge in [-0.1, -0.05) is 30.3 Å². The second-order valence-electron chi connectivity index (χ2n) is 7.24. The third kappa shape index (κ3) is 3.51. The highest BCUT2D eigenvalue weighted by molar-refractivity contribution is 5.96. The summed E-state index contributed by atoms with van der Waals surface area (Å²) in [7, 11) is 0. The molecule has 1 amide bonds. The van der Waals surface area contributed by atoms with Gasteiger partial charge in [-0.05, 0) is 11.6 Å². The zero-order chi connectivity index (χ0) is 21.6. The quantitative estimate of drug-likeness (QED) is 0.502. The molecule has 0 bridgehead atoms. The molecule has 0 atom stereocenters. The Morgan fingerprint density at radius 2 is 1.87 bits per heavy atom. The lowest BCUT2D eigenvalue weighted by molar-refractivity contribution is -0.147. The number of pyridine rings is 1. The van der Waals surface area contributed by atoms with Crippen molar-refractivity contribution >= 4 is 17.1 Å². The molecule has 11 heteroatoms. The van der Waals surface area contributed by atoms with Gasteiger partial charge in [0, 0.05) is 19.3 Å². The normalized spacial score (nSPS) is 14.1. The van der Waals surface area contributed by atoms with Crippen molar-refractivity contribution in [3.63, 3.8) is 0 Å². The largest absolute Gasteiger partial charge is 0.451 e. The number of hydrogen-bond acceptors (Lipinski definition) is 5. The molecule has 0 fully saturated rings. The van der Waals surface area contributed by atoms with Crippen molar-refractivity contribution in [3.8, 4) is 0 Å². The van der Waals surface area contributed by atoms with E-state index in [0.29, 0.717) is 23.3 Å². The van der Waals surface area contributed by atoms with E-state index < -0.39 is 12.0 Å². The second-order valence-corrected chi connectivity index (χ2v) is 7.24. The molecule has 31 heavy (non-hydrogen) atoms. The molecule has 4 heterocycles. The van der Waals surface area contributed by atoms with Crippen LogP contribution in [-0.4, -0.2) is 46.7 Å². The van der Waals surface area contributed by atoms with E-state index in [2.05, 4.69) is 20.2 Å². The zero-order valence-corrected chi connectivity index (χ0v) is 16.1. The van der Waals surface area contributed by atoms with Gasteiger partial charge in [-0.3, -0.25) is 4.79 Å². The summed E-state index contributed by atoms with van der Waals surface area (Å²) in [6, 6.07) is 11.5. The molecule has 0 N–H and O–H groups in total. The first-order chi connectivity index (χ1) is 14.9. The van der Waals surface area contributed by atoms with Crippen LogP contribution in [0.5, 0.6) is 0 Å². The van der Waals surface area contributed by atoms with Crippen molar-refractivity contribution in [3.05, 3.63) is 71.7 Å². The van der Waals surface area contributed by atoms with E-state index in [4.69, 9.17) is 0 Å². The fraction of sp³-hybridized carbons (Fsp3) is 0.250. The molecular formula is C20H16F3N7O. The van der Waals surface area contributed by atoms with E-state index in [1.807, 2.05) is 34.9 Å². The smallest absolute Gasteiger partial charge is 0.329 e. The summed E-state index contributed by atoms with van der Waals surface area (Å²) in [6.45, 7) is 0.640. The number of rotatable bonds is 3. The highest BCUT2D eigenvalue weighted by Gasteiger charge is 2.40. The number of benzene rings is 1. The first kappa shape index (κ1) is 19.2. The molecule has 3 aromatic heterocycles. The number of amides is 1. The molecule has 0 saturated heterocycles. The van der Waals surface area contributed by atoms with Gasteiger partial charge in [0.2, 0.25) is 5.82 Å². The number of carbonyl (C=O) groups is 1. The lowest BCUT2D eigenvalue weighted by Gasteiger charge is -2.28. The second kappa shape index (κ2) is 7.18. The van der Waals surface area contributed by atoms with Gasteiger partial charge in [0.25, 0.3) is 5.91 Å². The standard InChI is InChI=1S/C20H16F3N7O/c21-20(22,23)19-27-26-16-11-28(6-7-30(16)19)18(31)14-8-15-17(24-9-14)29(12-25-15)10-13-4-2-1-3-5-13/h1-5,8-9,12H,6-7,10-11H2. The molecule has 0 saturated carbocycles. The Morgan fingerprint density at radius 3 is 2.65 bits per heavy atom. The Kier molecular flexibility index (Phi) is 4.45. The van der Waals surface area contributed by atoms with Crippen LogP contribution in [0.4, 0.5) is 13.2 Å². The van der Waals surface area contributed by atoms with Crippen LogP contribution in [0.3, 0.4) is 0 Å². The summed E-state index contributed by atoms with van der Waals surface area (Å²) in [5.74, 6) is -1.27. The number of carbonyl (C=O) groups excluding carboxylic acids is 1. The molecule has 0 radical (unpaired) electrons. The number of fused-ring (bicyclic) bond motifs is 2. The van der Waals surface area contributed by atoms with Crippen molar-refractivity contribution in [1.29, 1.82) is 0 Å². The molecule has 5 rings (SSSR count). The van der Waals surface area contributed by atoms with Crippen LogP contribution in [0.1, 0.15) is 27.6 Å². The van der Waals surface area contributed by atoms with Crippen molar-refractivity contribution in [2.45, 2.75) is 25.8 Å². The summed E-state index contributed by atoms with van der Waals surface area (Å²) in [4.78, 5) is 23.1. The number of hydrogen-bond donors (Lipinski definition) is 0. The molecule has 1 aliphatic heterocycles. The Hall–Kier alpha value is -3.76. The van der Waals surface area contributed by atoms with Crippen molar-refractivity contribution < 1.29 is 18.0 Å². The first-order valence-corrected chi connectivity index (χ1v) is 9.53. The van der Waals surface area contributed by atoms with E-state index in [9.17, 15) is 18.0 Å². The molecular weight excluding hydrogens is 411 g/mol. The maximum atomic E-state index is 13.0. The van der Waals surface area contributed by atoms with Crippen molar-refractivity contribution in [2.75, 3.05) is 6.54 Å². The third-order valence-corrected chi connectivity index (χ3v) is 5.19. The molecule has 1 aliphatic rings. The number of imidazole rings is 1. The molecule has 0 unspecified atom stereocenters. The molecule has 0 spiro atoms. The molecule has 8 nitrogen and oxygen atoms in total. The number of halogens is 3. The van der Waals surface area contributed by atoms with Crippen LogP contribution < -0.4 is 0 Å². The summed E-state index contributed by atoms with van der Waals surface area (Å²) in [6.07, 6.45) is -1.44. The van der Waals surface area contributed by atoms with Gasteiger partial charge in [0.05, 0.1) is 25.0 Å². The minimum Gasteiger partial charge on any atom is -0.329 e. The molecule has 4 aromatic rings. The van der Waals surface area contributed by atoms with Crippen LogP contribution in [0.25, 0.3) is 11.2 Å². The number of alkyl halides is 3. The van der Waals surface area contributed by atoms with Gasteiger partial charge in [-0.25, -0.2) is 9.97 Å². The van der Waals surface area contributed by atoms with Gasteiger partial charge >= 0.3 is 6.18 Å². The lowest BCUT2D eigenvalue weighted by atomic mass is 10.2. The topological polar surface area (TPSA) is 81.7 Å². The van der Waals surface area contributed by atoms with Gasteiger partial charge in [-0.15, -0.1) is 10.2 Å². The van der Waals surface area contributed by atoms with E-state index >= 15 is 0 Å². The van der Waals surface area contributed by atoms with Crippen molar-refractivity contribution in [1.82, 2.24) is 34.2 Å². The number of aromatic nitrogens is 6. The zero-order valence-electron chi connectivity index (χ0n) is 16.1. The summed E-state index contributed by atoms with van der Waals surface area (Å²) in [5.41, 5.74) is 2.64. The molecule has 0 aliphatic carbocycles. The lowest BCUT2D eigenvalue weighted by Crippen LogP contribution is -2.39. The van der Waals surface area contributed by atoms with Gasteiger partial charge in [-0.2, -0.15) is 13.2 Å². The van der Waals surface area contributed by atoms with Crippen LogP contribution in [0.2, 0.25) is 0 Å². The minimum absolute atomic E-state index is 0.0235. The maximum Gasteiger partial charge on any atom is 0.451 e. The number of nitrogens with zero attached hydrogens (tertiary/aromatic N) is 7. The van der Waals surface area contributed by atoms with E-state index in [1.165, 1.54) is 11.1 Å². The highest BCUT2D eigenvalue weighted by atomic mass is 19.4. The Morgan fingerprint density at radius 1 is 1.06 bits per heavy atom. The predicted molar refractivity (Wildman–Crippen MR) is 103 cm³/mol. The average Bonchev–Trinajstić information content (AvgIpc) is 3.37. The summed E-state index contributed by atoms with van der Waals surface area (Å²) in [5, 5.41) is 6.85. The van der Waals surface area contributed by atoms with Crippen molar-refractivity contribution in [2.24, 2.45) is 0 Å². The average molecular weight is 427 g/mol. The monoisotopic (exact) mass is 427 g/mol. The predicted octanol–water partition coefficient (Wildman–Crippen LogP) is 2.75. The SMILES string of the molecule is O=C(c1cnc2c(c1)ncn2Cc1ccccc1)N1CCn2c(nnc2C(F)(F)F)C1. The third-order valence-electron chi connectivity index (χ3n) is 5.19. The minimum atomic E-state index is -4.58. The Labute approximate surface area is 174 Å². The van der Waals surface area contributed by atoms with E-state index in [-0.39, 0.29) is 31.4 Å². The van der Waals surface area contributed by atoms with E-state index in [1.54, 1.807) is 12.4 Å². The molecule has 158 valence electrons. The van der Waals surface area contributed by atoms with Crippen LogP contribution >= 0.6 is 0 Å². The van der Waals surface area contributed by atoms with Crippen LogP contribution in [0, 0.1) is 0 Å².